The molecule has 1 aromatic carbocycles. The Labute approximate surface area is 205 Å². The Morgan fingerprint density at radius 2 is 1.66 bits per heavy atom. The Kier molecular flexibility index (Phi) is 7.73. The van der Waals surface area contributed by atoms with Crippen LogP contribution in [0.2, 0.25) is 0 Å². The molecule has 2 aliphatic rings. The average Bonchev–Trinajstić information content (AvgIpc) is 3.17. The number of hydrogen-bond acceptors (Lipinski definition) is 5. The lowest BCUT2D eigenvalue weighted by Crippen LogP contribution is -2.49. The molecule has 2 aromatic rings. The van der Waals surface area contributed by atoms with E-state index in [0.717, 1.165) is 30.7 Å². The van der Waals surface area contributed by atoms with Crippen molar-refractivity contribution in [2.45, 2.75) is 50.5 Å². The summed E-state index contributed by atoms with van der Waals surface area (Å²) in [4.78, 5) is 27.3. The minimum atomic E-state index is -3.72. The highest BCUT2D eigenvalue weighted by molar-refractivity contribution is 7.89. The molecule has 190 valence electrons. The van der Waals surface area contributed by atoms with Crippen molar-refractivity contribution in [2.75, 3.05) is 32.7 Å². The number of carbonyl (C=O) groups excluding carboxylic acids is 2. The highest BCUT2D eigenvalue weighted by atomic mass is 32.2. The third kappa shape index (κ3) is 5.65. The molecule has 0 atom stereocenters. The Hall–Kier alpha value is -2.56. The summed E-state index contributed by atoms with van der Waals surface area (Å²) in [7, 11) is -3.72. The maximum atomic E-state index is 13.3. The molecule has 10 heteroatoms. The molecule has 0 spiro atoms. The van der Waals surface area contributed by atoms with Gasteiger partial charge in [-0.1, -0.05) is 19.3 Å². The zero-order chi connectivity index (χ0) is 25.2. The molecule has 0 bridgehead atoms. The lowest BCUT2D eigenvalue weighted by Gasteiger charge is -2.33. The van der Waals surface area contributed by atoms with Crippen LogP contribution in [0.4, 0.5) is 4.39 Å². The molecular weight excluding hydrogens is 471 g/mol. The third-order valence-electron chi connectivity index (χ3n) is 7.23. The number of aromatic nitrogens is 1. The maximum Gasteiger partial charge on any atom is 0.250 e. The quantitative estimate of drug-likeness (QED) is 0.557. The molecule has 1 aliphatic carbocycles. The van der Waals surface area contributed by atoms with Gasteiger partial charge < -0.3 is 10.3 Å². The molecule has 8 nitrogen and oxygen atoms in total. The number of sulfonamides is 1. The van der Waals surface area contributed by atoms with E-state index in [1.807, 2.05) is 16.4 Å². The number of primary amides is 1. The SMILES string of the molecule is Cc1c(C(N)=O)cc(C(=O)CN2CCN(S(=O)(=O)c3ccc(F)cc3)CC2)n1CC1CCCCC1. The fourth-order valence-electron chi connectivity index (χ4n) is 5.16. The molecule has 1 aliphatic heterocycles. The molecule has 1 aromatic heterocycles. The summed E-state index contributed by atoms with van der Waals surface area (Å²) in [6, 6.07) is 6.40. The van der Waals surface area contributed by atoms with Gasteiger partial charge in [-0.15, -0.1) is 0 Å². The molecule has 0 unspecified atom stereocenters. The Bertz CT molecular complexity index is 1180. The van der Waals surface area contributed by atoms with Crippen molar-refractivity contribution < 1.29 is 22.4 Å². The first-order valence-corrected chi connectivity index (χ1v) is 13.6. The Morgan fingerprint density at radius 3 is 2.26 bits per heavy atom. The first kappa shape index (κ1) is 25.5. The van der Waals surface area contributed by atoms with Gasteiger partial charge in [-0.05, 0) is 56.0 Å². The van der Waals surface area contributed by atoms with Crippen LogP contribution in [0.1, 0.15) is 58.6 Å². The highest BCUT2D eigenvalue weighted by Crippen LogP contribution is 2.28. The summed E-state index contributed by atoms with van der Waals surface area (Å²) < 4.78 is 42.2. The minimum Gasteiger partial charge on any atom is -0.366 e. The number of benzene rings is 1. The molecule has 35 heavy (non-hydrogen) atoms. The standard InChI is InChI=1S/C25H33FN4O4S/c1-18-22(25(27)32)15-23(30(18)16-19-5-3-2-4-6-19)24(31)17-28-11-13-29(14-12-28)35(33,34)21-9-7-20(26)8-10-21/h7-10,15,19H,2-6,11-14,16-17H2,1H3,(H2,27,32). The molecule has 2 N–H and O–H groups in total. The van der Waals surface area contributed by atoms with Crippen molar-refractivity contribution in [3.05, 3.63) is 53.1 Å². The number of nitrogens with two attached hydrogens (primary N) is 1. The van der Waals surface area contributed by atoms with Gasteiger partial charge in [-0.2, -0.15) is 4.31 Å². The van der Waals surface area contributed by atoms with Crippen LogP contribution in [-0.4, -0.2) is 66.6 Å². The molecule has 2 heterocycles. The van der Waals surface area contributed by atoms with Crippen molar-refractivity contribution >= 4 is 21.7 Å². The van der Waals surface area contributed by atoms with E-state index < -0.39 is 21.7 Å². The van der Waals surface area contributed by atoms with Gasteiger partial charge in [-0.25, -0.2) is 12.8 Å². The molecule has 2 fully saturated rings. The van der Waals surface area contributed by atoms with Gasteiger partial charge in [0.25, 0.3) is 5.91 Å². The van der Waals surface area contributed by atoms with Gasteiger partial charge in [0.05, 0.1) is 22.7 Å². The number of rotatable bonds is 8. The summed E-state index contributed by atoms with van der Waals surface area (Å²) in [5, 5.41) is 0. The number of amides is 1. The highest BCUT2D eigenvalue weighted by Gasteiger charge is 2.30. The maximum absolute atomic E-state index is 13.3. The van der Waals surface area contributed by atoms with Crippen molar-refractivity contribution in [3.8, 4) is 0 Å². The van der Waals surface area contributed by atoms with E-state index in [0.29, 0.717) is 36.8 Å². The number of nitrogens with zero attached hydrogens (tertiary/aromatic N) is 3. The van der Waals surface area contributed by atoms with Crippen LogP contribution in [0.5, 0.6) is 0 Å². The van der Waals surface area contributed by atoms with E-state index >= 15 is 0 Å². The number of piperazine rings is 1. The van der Waals surface area contributed by atoms with Crippen LogP contribution < -0.4 is 5.73 Å². The fraction of sp³-hybridized carbons (Fsp3) is 0.520. The Morgan fingerprint density at radius 1 is 1.03 bits per heavy atom. The largest absolute Gasteiger partial charge is 0.366 e. The predicted molar refractivity (Wildman–Crippen MR) is 130 cm³/mol. The molecule has 1 saturated heterocycles. The molecular formula is C25H33FN4O4S. The van der Waals surface area contributed by atoms with Crippen LogP contribution in [-0.2, 0) is 16.6 Å². The molecule has 0 radical (unpaired) electrons. The first-order chi connectivity index (χ1) is 16.7. The Balaban J connectivity index is 1.43. The minimum absolute atomic E-state index is 0.0541. The van der Waals surface area contributed by atoms with Gasteiger partial charge in [0.2, 0.25) is 10.0 Å². The molecule has 4 rings (SSSR count). The van der Waals surface area contributed by atoms with Gasteiger partial charge in [0.1, 0.15) is 5.82 Å². The number of halogens is 1. The number of hydrogen-bond donors (Lipinski definition) is 1. The summed E-state index contributed by atoms with van der Waals surface area (Å²) in [5.74, 6) is -0.664. The van der Waals surface area contributed by atoms with E-state index in [-0.39, 0.29) is 30.3 Å². The summed E-state index contributed by atoms with van der Waals surface area (Å²) in [6.07, 6.45) is 5.83. The van der Waals surface area contributed by atoms with Crippen LogP contribution in [0.3, 0.4) is 0 Å². The second-order valence-electron chi connectivity index (χ2n) is 9.56. The second kappa shape index (κ2) is 10.6. The van der Waals surface area contributed by atoms with Crippen LogP contribution in [0, 0.1) is 18.7 Å². The van der Waals surface area contributed by atoms with Crippen molar-refractivity contribution in [1.82, 2.24) is 13.8 Å². The van der Waals surface area contributed by atoms with Crippen molar-refractivity contribution in [3.63, 3.8) is 0 Å². The monoisotopic (exact) mass is 504 g/mol. The van der Waals surface area contributed by atoms with Gasteiger partial charge >= 0.3 is 0 Å². The fourth-order valence-corrected chi connectivity index (χ4v) is 6.58. The van der Waals surface area contributed by atoms with Crippen LogP contribution in [0.15, 0.2) is 35.2 Å². The van der Waals surface area contributed by atoms with Crippen molar-refractivity contribution in [2.24, 2.45) is 11.7 Å². The molecule has 1 amide bonds. The van der Waals surface area contributed by atoms with Crippen LogP contribution >= 0.6 is 0 Å². The van der Waals surface area contributed by atoms with Gasteiger partial charge in [-0.3, -0.25) is 14.5 Å². The van der Waals surface area contributed by atoms with E-state index in [9.17, 15) is 22.4 Å². The average molecular weight is 505 g/mol. The third-order valence-corrected chi connectivity index (χ3v) is 9.15. The van der Waals surface area contributed by atoms with Gasteiger partial charge in [0.15, 0.2) is 5.78 Å². The summed E-state index contributed by atoms with van der Waals surface area (Å²) in [6.45, 7) is 3.94. The zero-order valence-electron chi connectivity index (χ0n) is 20.1. The lowest BCUT2D eigenvalue weighted by molar-refractivity contribution is 0.0890. The number of Topliss-reactive ketones (excluding diaryl/α,β-unsaturated/α-hetero) is 1. The second-order valence-corrected chi connectivity index (χ2v) is 11.5. The predicted octanol–water partition coefficient (Wildman–Crippen LogP) is 2.80. The number of carbonyl (C=O) groups is 2. The summed E-state index contributed by atoms with van der Waals surface area (Å²) >= 11 is 0. The van der Waals surface area contributed by atoms with Gasteiger partial charge in [0, 0.05) is 38.4 Å². The first-order valence-electron chi connectivity index (χ1n) is 12.2. The van der Waals surface area contributed by atoms with E-state index in [1.54, 1.807) is 6.07 Å². The van der Waals surface area contributed by atoms with E-state index in [2.05, 4.69) is 0 Å². The smallest absolute Gasteiger partial charge is 0.250 e. The van der Waals surface area contributed by atoms with E-state index in [4.69, 9.17) is 5.73 Å². The molecule has 1 saturated carbocycles. The lowest BCUT2D eigenvalue weighted by atomic mass is 9.89. The van der Waals surface area contributed by atoms with Crippen molar-refractivity contribution in [1.29, 1.82) is 0 Å². The zero-order valence-corrected chi connectivity index (χ0v) is 20.9. The van der Waals surface area contributed by atoms with E-state index in [1.165, 1.54) is 35.7 Å². The summed E-state index contributed by atoms with van der Waals surface area (Å²) in [5.41, 5.74) is 7.16. The van der Waals surface area contributed by atoms with Crippen LogP contribution in [0.25, 0.3) is 0 Å². The normalized spacial score (nSPS) is 18.6. The number of ketones is 1. The topological polar surface area (TPSA) is 106 Å².